The van der Waals surface area contributed by atoms with Gasteiger partial charge in [0.1, 0.15) is 0 Å². The van der Waals surface area contributed by atoms with Crippen molar-refractivity contribution < 1.29 is 14.7 Å². The van der Waals surface area contributed by atoms with E-state index in [9.17, 15) is 9.59 Å². The third-order valence-electron chi connectivity index (χ3n) is 3.80. The summed E-state index contributed by atoms with van der Waals surface area (Å²) in [6, 6.07) is 9.66. The van der Waals surface area contributed by atoms with E-state index in [1.54, 1.807) is 17.1 Å². The minimum Gasteiger partial charge on any atom is -0.481 e. The van der Waals surface area contributed by atoms with Crippen LogP contribution in [0, 0.1) is 6.92 Å². The van der Waals surface area contributed by atoms with Crippen LogP contribution in [0.1, 0.15) is 28.0 Å². The predicted molar refractivity (Wildman–Crippen MR) is 103 cm³/mol. The lowest BCUT2D eigenvalue weighted by Gasteiger charge is -2.03. The fourth-order valence-corrected chi connectivity index (χ4v) is 2.96. The Kier molecular flexibility index (Phi) is 5.70. The molecule has 0 atom stereocenters. The highest BCUT2D eigenvalue weighted by Crippen LogP contribution is 2.21. The average molecular weight is 432 g/mol. The maximum Gasteiger partial charge on any atom is 0.305 e. The van der Waals surface area contributed by atoms with Gasteiger partial charge in [0.15, 0.2) is 11.5 Å². The Morgan fingerprint density at radius 3 is 2.78 bits per heavy atom. The Labute approximate surface area is 163 Å². The molecule has 0 radical (unpaired) electrons. The van der Waals surface area contributed by atoms with Crippen molar-refractivity contribution in [3.8, 4) is 0 Å². The van der Waals surface area contributed by atoms with Gasteiger partial charge in [-0.15, -0.1) is 0 Å². The first-order chi connectivity index (χ1) is 12.9. The molecular formula is C18H18BrN5O3. The van der Waals surface area contributed by atoms with Crippen molar-refractivity contribution >= 4 is 33.6 Å². The van der Waals surface area contributed by atoms with E-state index < -0.39 is 11.9 Å². The summed E-state index contributed by atoms with van der Waals surface area (Å²) in [5.41, 5.74) is 2.48. The fraction of sp³-hybridized carbons (Fsp3) is 0.222. The van der Waals surface area contributed by atoms with Crippen molar-refractivity contribution in [2.75, 3.05) is 5.32 Å². The number of carbonyl (C=O) groups is 2. The van der Waals surface area contributed by atoms with E-state index in [1.165, 1.54) is 16.3 Å². The van der Waals surface area contributed by atoms with Gasteiger partial charge in [0.25, 0.3) is 5.91 Å². The van der Waals surface area contributed by atoms with Gasteiger partial charge in [0.2, 0.25) is 0 Å². The molecule has 0 unspecified atom stereocenters. The molecule has 140 valence electrons. The van der Waals surface area contributed by atoms with Crippen LogP contribution >= 0.6 is 15.9 Å². The lowest BCUT2D eigenvalue weighted by atomic mass is 10.1. The quantitative estimate of drug-likeness (QED) is 0.598. The zero-order valence-electron chi connectivity index (χ0n) is 14.6. The van der Waals surface area contributed by atoms with Gasteiger partial charge in [0, 0.05) is 12.4 Å². The van der Waals surface area contributed by atoms with Crippen LogP contribution in [0.2, 0.25) is 0 Å². The highest BCUT2D eigenvalue weighted by Gasteiger charge is 2.15. The highest BCUT2D eigenvalue weighted by molar-refractivity contribution is 9.10. The number of benzene rings is 1. The summed E-state index contributed by atoms with van der Waals surface area (Å²) in [6.07, 6.45) is 3.31. The second-order valence-corrected chi connectivity index (χ2v) is 6.93. The Balaban J connectivity index is 1.66. The first-order valence-corrected chi connectivity index (χ1v) is 9.05. The molecule has 2 heterocycles. The average Bonchev–Trinajstić information content (AvgIpc) is 3.20. The second kappa shape index (κ2) is 8.17. The zero-order valence-corrected chi connectivity index (χ0v) is 16.2. The van der Waals surface area contributed by atoms with Crippen molar-refractivity contribution in [1.82, 2.24) is 19.6 Å². The third-order valence-corrected chi connectivity index (χ3v) is 4.38. The van der Waals surface area contributed by atoms with E-state index in [4.69, 9.17) is 5.11 Å². The summed E-state index contributed by atoms with van der Waals surface area (Å²) in [5.74, 6) is -0.932. The number of carbonyl (C=O) groups excluding carboxylic acids is 1. The van der Waals surface area contributed by atoms with Crippen LogP contribution in [0.25, 0.3) is 0 Å². The molecule has 2 aromatic heterocycles. The molecule has 3 aromatic rings. The first-order valence-electron chi connectivity index (χ1n) is 8.26. The number of aromatic nitrogens is 4. The molecule has 0 spiro atoms. The van der Waals surface area contributed by atoms with Crippen molar-refractivity contribution in [2.45, 2.75) is 26.4 Å². The van der Waals surface area contributed by atoms with Gasteiger partial charge in [-0.05, 0) is 34.5 Å². The fourth-order valence-electron chi connectivity index (χ4n) is 2.55. The number of rotatable bonds is 7. The summed E-state index contributed by atoms with van der Waals surface area (Å²) in [5, 5.41) is 19.9. The standard InChI is InChI=1S/C18H18BrN5O3/c1-12-3-2-4-13(9-12)10-24-11-14(19)17(22-24)20-18(27)15-5-7-23(21-15)8-6-16(25)26/h2-5,7,9,11H,6,8,10H2,1H3,(H,25,26)(H,20,22,27). The largest absolute Gasteiger partial charge is 0.481 e. The molecule has 0 saturated carbocycles. The van der Waals surface area contributed by atoms with E-state index in [1.807, 2.05) is 25.1 Å². The van der Waals surface area contributed by atoms with E-state index in [0.29, 0.717) is 16.8 Å². The predicted octanol–water partition coefficient (Wildman–Crippen LogP) is 2.93. The third kappa shape index (κ3) is 5.04. The van der Waals surface area contributed by atoms with Gasteiger partial charge in [-0.1, -0.05) is 29.8 Å². The van der Waals surface area contributed by atoms with Gasteiger partial charge in [0.05, 0.1) is 24.0 Å². The molecule has 0 bridgehead atoms. The van der Waals surface area contributed by atoms with Gasteiger partial charge in [-0.3, -0.25) is 19.0 Å². The number of carboxylic acid groups (broad SMARTS) is 1. The number of hydrogen-bond donors (Lipinski definition) is 2. The maximum atomic E-state index is 12.4. The Hall–Kier alpha value is -2.94. The van der Waals surface area contributed by atoms with Crippen LogP contribution in [0.4, 0.5) is 5.82 Å². The molecule has 8 nitrogen and oxygen atoms in total. The number of anilines is 1. The van der Waals surface area contributed by atoms with Crippen LogP contribution in [0.5, 0.6) is 0 Å². The number of amides is 1. The minimum atomic E-state index is -0.917. The van der Waals surface area contributed by atoms with Crippen LogP contribution in [0.15, 0.2) is 47.2 Å². The molecule has 1 aromatic carbocycles. The van der Waals surface area contributed by atoms with Gasteiger partial charge >= 0.3 is 5.97 Å². The maximum absolute atomic E-state index is 12.4. The number of aliphatic carboxylic acids is 1. The minimum absolute atomic E-state index is 0.0579. The summed E-state index contributed by atoms with van der Waals surface area (Å²) in [6.45, 7) is 2.82. The van der Waals surface area contributed by atoms with Gasteiger partial charge < -0.3 is 10.4 Å². The first kappa shape index (κ1) is 18.8. The van der Waals surface area contributed by atoms with E-state index in [0.717, 1.165) is 5.56 Å². The number of nitrogens with one attached hydrogen (secondary N) is 1. The van der Waals surface area contributed by atoms with Crippen molar-refractivity contribution in [2.24, 2.45) is 0 Å². The molecule has 0 saturated heterocycles. The van der Waals surface area contributed by atoms with E-state index in [2.05, 4.69) is 37.5 Å². The molecule has 1 amide bonds. The Morgan fingerprint density at radius 2 is 2.04 bits per heavy atom. The van der Waals surface area contributed by atoms with Crippen molar-refractivity contribution in [3.05, 3.63) is 64.0 Å². The normalized spacial score (nSPS) is 10.7. The van der Waals surface area contributed by atoms with Gasteiger partial charge in [-0.25, -0.2) is 0 Å². The number of hydrogen-bond acceptors (Lipinski definition) is 4. The van der Waals surface area contributed by atoms with Crippen LogP contribution in [-0.2, 0) is 17.9 Å². The smallest absolute Gasteiger partial charge is 0.305 e. The summed E-state index contributed by atoms with van der Waals surface area (Å²) in [7, 11) is 0. The molecule has 9 heteroatoms. The molecule has 2 N–H and O–H groups in total. The summed E-state index contributed by atoms with van der Waals surface area (Å²) >= 11 is 3.40. The van der Waals surface area contributed by atoms with Crippen LogP contribution in [-0.4, -0.2) is 36.5 Å². The Bertz CT molecular complexity index is 979. The number of aryl methyl sites for hydroxylation is 2. The lowest BCUT2D eigenvalue weighted by Crippen LogP contribution is -2.15. The number of carboxylic acids is 1. The topological polar surface area (TPSA) is 102 Å². The second-order valence-electron chi connectivity index (χ2n) is 6.07. The molecule has 3 rings (SSSR count). The highest BCUT2D eigenvalue weighted by atomic mass is 79.9. The van der Waals surface area contributed by atoms with Gasteiger partial charge in [-0.2, -0.15) is 10.2 Å². The molecule has 0 aliphatic heterocycles. The van der Waals surface area contributed by atoms with E-state index >= 15 is 0 Å². The molecule has 0 aliphatic carbocycles. The van der Waals surface area contributed by atoms with Crippen molar-refractivity contribution in [3.63, 3.8) is 0 Å². The molecular weight excluding hydrogens is 414 g/mol. The number of nitrogens with zero attached hydrogens (tertiary/aromatic N) is 4. The lowest BCUT2D eigenvalue weighted by molar-refractivity contribution is -0.137. The van der Waals surface area contributed by atoms with Crippen LogP contribution in [0.3, 0.4) is 0 Å². The van der Waals surface area contributed by atoms with Crippen molar-refractivity contribution in [1.29, 1.82) is 0 Å². The van der Waals surface area contributed by atoms with Crippen LogP contribution < -0.4 is 5.32 Å². The molecule has 0 aliphatic rings. The summed E-state index contributed by atoms with van der Waals surface area (Å²) in [4.78, 5) is 23.0. The summed E-state index contributed by atoms with van der Waals surface area (Å²) < 4.78 is 3.82. The number of halogens is 1. The molecule has 27 heavy (non-hydrogen) atoms. The Morgan fingerprint density at radius 1 is 1.22 bits per heavy atom. The van der Waals surface area contributed by atoms with E-state index in [-0.39, 0.29) is 18.7 Å². The monoisotopic (exact) mass is 431 g/mol. The zero-order chi connectivity index (χ0) is 19.4. The SMILES string of the molecule is Cc1cccc(Cn2cc(Br)c(NC(=O)c3ccn(CCC(=O)O)n3)n2)c1. The molecule has 0 fully saturated rings.